The normalized spacial score (nSPS) is 12.0. The molecule has 0 bridgehead atoms. The number of hydrogen-bond donors (Lipinski definition) is 0. The zero-order valence-corrected chi connectivity index (χ0v) is 27.0. The van der Waals surface area contributed by atoms with Gasteiger partial charge in [-0.2, -0.15) is 0 Å². The predicted octanol–water partition coefficient (Wildman–Crippen LogP) is 13.9. The minimum atomic E-state index is 0.829. The van der Waals surface area contributed by atoms with Gasteiger partial charge in [0.25, 0.3) is 0 Å². The van der Waals surface area contributed by atoms with Crippen molar-refractivity contribution in [2.45, 2.75) is 0 Å². The van der Waals surface area contributed by atoms with Gasteiger partial charge < -0.3 is 8.83 Å². The smallest absolute Gasteiger partial charge is 0.147 e. The van der Waals surface area contributed by atoms with Crippen molar-refractivity contribution in [3.05, 3.63) is 170 Å². The second-order valence-corrected chi connectivity index (χ2v) is 13.1. The summed E-state index contributed by atoms with van der Waals surface area (Å²) in [5.41, 5.74) is 10.6. The van der Waals surface area contributed by atoms with Crippen molar-refractivity contribution in [3.63, 3.8) is 0 Å². The molecule has 0 amide bonds. The lowest BCUT2D eigenvalue weighted by atomic mass is 9.85. The Balaban J connectivity index is 1.16. The maximum atomic E-state index is 6.71. The quantitative estimate of drug-likeness (QED) is 0.180. The molecule has 9 aromatic carbocycles. The van der Waals surface area contributed by atoms with Gasteiger partial charge in [0.1, 0.15) is 22.3 Å². The fourth-order valence-electron chi connectivity index (χ4n) is 8.27. The number of hydrogen-bond acceptors (Lipinski definition) is 2. The number of fused-ring (bicyclic) bond motifs is 11. The number of rotatable bonds is 3. The standard InChI is InChI=1S/C48H28O2/c1-2-13-31(14-3-1)43-34-16-6-8-18-36(34)44(37-19-9-7-17-35(37)43)32-24-22-30(23-25-32)40-28-42-46(48-45(40)38-20-10-11-21-41(38)49-48)39-27-26-29-12-4-5-15-33(29)47(39)50-42/h1-28H. The van der Waals surface area contributed by atoms with E-state index >= 15 is 0 Å². The Bertz CT molecular complexity index is 3070. The third-order valence-electron chi connectivity index (χ3n) is 10.5. The third kappa shape index (κ3) is 3.85. The zero-order chi connectivity index (χ0) is 32.8. The Hall–Kier alpha value is -6.64. The number of para-hydroxylation sites is 1. The first-order valence-corrected chi connectivity index (χ1v) is 17.1. The van der Waals surface area contributed by atoms with E-state index in [0.29, 0.717) is 0 Å². The molecule has 0 aliphatic rings. The van der Waals surface area contributed by atoms with E-state index in [1.165, 1.54) is 43.8 Å². The van der Waals surface area contributed by atoms with Gasteiger partial charge in [-0.1, -0.05) is 152 Å². The van der Waals surface area contributed by atoms with Crippen LogP contribution in [0.1, 0.15) is 0 Å². The van der Waals surface area contributed by atoms with Crippen LogP contribution in [0.4, 0.5) is 0 Å². The highest BCUT2D eigenvalue weighted by Gasteiger charge is 2.22. The van der Waals surface area contributed by atoms with Crippen molar-refractivity contribution >= 4 is 76.2 Å². The molecule has 0 radical (unpaired) electrons. The summed E-state index contributed by atoms with van der Waals surface area (Å²) >= 11 is 0. The molecule has 11 rings (SSSR count). The van der Waals surface area contributed by atoms with E-state index in [-0.39, 0.29) is 0 Å². The lowest BCUT2D eigenvalue weighted by Crippen LogP contribution is -1.90. The summed E-state index contributed by atoms with van der Waals surface area (Å²) in [4.78, 5) is 0. The van der Waals surface area contributed by atoms with Crippen LogP contribution in [-0.2, 0) is 0 Å². The second kappa shape index (κ2) is 10.4. The van der Waals surface area contributed by atoms with E-state index in [2.05, 4.69) is 164 Å². The lowest BCUT2D eigenvalue weighted by Gasteiger charge is -2.18. The maximum absolute atomic E-state index is 6.71. The molecule has 0 aliphatic carbocycles. The minimum Gasteiger partial charge on any atom is -0.455 e. The van der Waals surface area contributed by atoms with Gasteiger partial charge in [-0.15, -0.1) is 0 Å². The fourth-order valence-corrected chi connectivity index (χ4v) is 8.27. The molecule has 50 heavy (non-hydrogen) atoms. The first kappa shape index (κ1) is 27.3. The van der Waals surface area contributed by atoms with E-state index in [9.17, 15) is 0 Å². The molecule has 0 fully saturated rings. The van der Waals surface area contributed by atoms with Crippen LogP contribution in [0.15, 0.2) is 179 Å². The van der Waals surface area contributed by atoms with Crippen molar-refractivity contribution in [2.24, 2.45) is 0 Å². The average Bonchev–Trinajstić information content (AvgIpc) is 3.76. The van der Waals surface area contributed by atoms with Gasteiger partial charge in [-0.3, -0.25) is 0 Å². The summed E-state index contributed by atoms with van der Waals surface area (Å²) in [5.74, 6) is 0. The Morgan fingerprint density at radius 3 is 1.50 bits per heavy atom. The summed E-state index contributed by atoms with van der Waals surface area (Å²) in [6, 6.07) is 60.7. The topological polar surface area (TPSA) is 26.3 Å². The summed E-state index contributed by atoms with van der Waals surface area (Å²) < 4.78 is 13.4. The second-order valence-electron chi connectivity index (χ2n) is 13.1. The number of furan rings is 2. The minimum absolute atomic E-state index is 0.829. The van der Waals surface area contributed by atoms with Crippen LogP contribution in [0, 0.1) is 0 Å². The molecule has 2 heterocycles. The van der Waals surface area contributed by atoms with Crippen molar-refractivity contribution in [3.8, 4) is 33.4 Å². The Labute approximate surface area is 287 Å². The fraction of sp³-hybridized carbons (Fsp3) is 0. The molecule has 0 saturated carbocycles. The van der Waals surface area contributed by atoms with Crippen molar-refractivity contribution in [1.29, 1.82) is 0 Å². The molecule has 0 spiro atoms. The lowest BCUT2D eigenvalue weighted by molar-refractivity contribution is 0.665. The van der Waals surface area contributed by atoms with E-state index in [4.69, 9.17) is 8.83 Å². The Morgan fingerprint density at radius 1 is 0.300 bits per heavy atom. The van der Waals surface area contributed by atoms with Crippen molar-refractivity contribution < 1.29 is 8.83 Å². The van der Waals surface area contributed by atoms with Gasteiger partial charge in [0.2, 0.25) is 0 Å². The zero-order valence-electron chi connectivity index (χ0n) is 27.0. The molecular formula is C48H28O2. The first-order chi connectivity index (χ1) is 24.8. The van der Waals surface area contributed by atoms with Crippen molar-refractivity contribution in [1.82, 2.24) is 0 Å². The van der Waals surface area contributed by atoms with Crippen LogP contribution >= 0.6 is 0 Å². The van der Waals surface area contributed by atoms with Crippen LogP contribution in [0.3, 0.4) is 0 Å². The van der Waals surface area contributed by atoms with Crippen LogP contribution in [0.25, 0.3) is 110 Å². The molecule has 2 heteroatoms. The summed E-state index contributed by atoms with van der Waals surface area (Å²) in [7, 11) is 0. The van der Waals surface area contributed by atoms with E-state index < -0.39 is 0 Å². The van der Waals surface area contributed by atoms with Gasteiger partial charge >= 0.3 is 0 Å². The molecule has 0 N–H and O–H groups in total. The van der Waals surface area contributed by atoms with Crippen molar-refractivity contribution in [2.75, 3.05) is 0 Å². The molecule has 0 aliphatic heterocycles. The van der Waals surface area contributed by atoms with Gasteiger partial charge in [-0.05, 0) is 78.5 Å². The highest BCUT2D eigenvalue weighted by atomic mass is 16.3. The van der Waals surface area contributed by atoms with Gasteiger partial charge in [-0.25, -0.2) is 0 Å². The molecular weight excluding hydrogens is 609 g/mol. The Kier molecular flexibility index (Phi) is 5.70. The molecule has 11 aromatic rings. The van der Waals surface area contributed by atoms with Gasteiger partial charge in [0, 0.05) is 21.5 Å². The van der Waals surface area contributed by atoms with Gasteiger partial charge in [0.05, 0.1) is 5.39 Å². The van der Waals surface area contributed by atoms with Crippen LogP contribution in [0.5, 0.6) is 0 Å². The van der Waals surface area contributed by atoms with Gasteiger partial charge in [0.15, 0.2) is 0 Å². The van der Waals surface area contributed by atoms with Crippen LogP contribution in [-0.4, -0.2) is 0 Å². The van der Waals surface area contributed by atoms with Crippen LogP contribution < -0.4 is 0 Å². The van der Waals surface area contributed by atoms with E-state index in [1.807, 2.05) is 6.07 Å². The molecule has 2 nitrogen and oxygen atoms in total. The largest absolute Gasteiger partial charge is 0.455 e. The van der Waals surface area contributed by atoms with E-state index in [1.54, 1.807) is 0 Å². The van der Waals surface area contributed by atoms with E-state index in [0.717, 1.165) is 65.8 Å². The highest BCUT2D eigenvalue weighted by Crippen LogP contribution is 2.47. The summed E-state index contributed by atoms with van der Waals surface area (Å²) in [6.45, 7) is 0. The molecule has 0 saturated heterocycles. The monoisotopic (exact) mass is 636 g/mol. The first-order valence-electron chi connectivity index (χ1n) is 17.1. The predicted molar refractivity (Wildman–Crippen MR) is 210 cm³/mol. The molecule has 0 unspecified atom stereocenters. The highest BCUT2D eigenvalue weighted by molar-refractivity contribution is 6.28. The molecule has 232 valence electrons. The number of benzene rings is 9. The third-order valence-corrected chi connectivity index (χ3v) is 10.5. The molecule has 2 aromatic heterocycles. The Morgan fingerprint density at radius 2 is 0.820 bits per heavy atom. The summed E-state index contributed by atoms with van der Waals surface area (Å²) in [5, 5.41) is 11.6. The molecule has 0 atom stereocenters. The SMILES string of the molecule is c1ccc(-c2c3ccccc3c(-c3ccc(-c4cc5oc6c7ccccc7ccc6c5c5oc6ccccc6c45)cc3)c3ccccc23)cc1. The van der Waals surface area contributed by atoms with Crippen LogP contribution in [0.2, 0.25) is 0 Å². The maximum Gasteiger partial charge on any atom is 0.147 e. The summed E-state index contributed by atoms with van der Waals surface area (Å²) in [6.07, 6.45) is 0. The average molecular weight is 637 g/mol.